The van der Waals surface area contributed by atoms with E-state index >= 15 is 0 Å². The van der Waals surface area contributed by atoms with Crippen LogP contribution in [0.1, 0.15) is 58.6 Å². The second kappa shape index (κ2) is 19.5. The number of rotatable bonds is 11. The Hall–Kier alpha value is -7.27. The minimum absolute atomic E-state index is 0.200. The number of hydrogen-bond donors (Lipinski definition) is 3. The van der Waals surface area contributed by atoms with Crippen molar-refractivity contribution in [2.24, 2.45) is 0 Å². The van der Waals surface area contributed by atoms with Gasteiger partial charge < -0.3 is 30.0 Å². The average Bonchev–Trinajstić information content (AvgIpc) is 3.95. The maximum absolute atomic E-state index is 13.0. The fourth-order valence-corrected chi connectivity index (χ4v) is 7.78. The molecule has 0 radical (unpaired) electrons. The quantitative estimate of drug-likeness (QED) is 0.110. The van der Waals surface area contributed by atoms with Gasteiger partial charge in [0.1, 0.15) is 40.4 Å². The van der Waals surface area contributed by atoms with E-state index in [0.717, 1.165) is 77.3 Å². The fraction of sp³-hybridized carbons (Fsp3) is 0.208. The number of nitrogens with zero attached hydrogens (tertiary/aromatic N) is 5. The zero-order chi connectivity index (χ0) is 46.4. The topological polar surface area (TPSA) is 122 Å². The third-order valence-corrected chi connectivity index (χ3v) is 11.1. The number of aromatic nitrogens is 5. The number of benzene rings is 4. The number of amides is 1. The van der Waals surface area contributed by atoms with Crippen molar-refractivity contribution in [3.05, 3.63) is 167 Å². The van der Waals surface area contributed by atoms with Crippen LogP contribution in [0.5, 0.6) is 17.2 Å². The number of carbonyl (C=O) groups excluding carboxylic acids is 1. The van der Waals surface area contributed by atoms with Crippen LogP contribution in [0.4, 0.5) is 43.5 Å². The molecule has 8 aromatic rings. The monoisotopic (exact) mass is 926 g/mol. The summed E-state index contributed by atoms with van der Waals surface area (Å²) in [7, 11) is 0. The summed E-state index contributed by atoms with van der Waals surface area (Å²) < 4.78 is 86.2. The molecule has 5 heterocycles. The highest BCUT2D eigenvalue weighted by atomic mass is 35.5. The van der Waals surface area contributed by atoms with Gasteiger partial charge in [-0.05, 0) is 127 Å². The molecule has 4 aromatic carbocycles. The van der Waals surface area contributed by atoms with E-state index < -0.39 is 18.1 Å². The predicted octanol–water partition coefficient (Wildman–Crippen LogP) is 12.3. The molecular weight excluding hydrogens is 886 g/mol. The molecule has 0 bridgehead atoms. The molecule has 0 unspecified atom stereocenters. The summed E-state index contributed by atoms with van der Waals surface area (Å²) >= 11 is 6.14. The molecule has 0 spiro atoms. The molecule has 1 fully saturated rings. The van der Waals surface area contributed by atoms with Crippen molar-refractivity contribution in [2.45, 2.75) is 51.2 Å². The van der Waals surface area contributed by atoms with Crippen molar-refractivity contribution >= 4 is 51.4 Å². The molecular formula is C48H41ClF6N8O3. The number of hydrogen-bond acceptors (Lipinski definition) is 8. The van der Waals surface area contributed by atoms with Crippen LogP contribution in [0, 0.1) is 0 Å². The number of nitrogens with one attached hydrogen (secondary N) is 3. The Morgan fingerprint density at radius 3 is 2.14 bits per heavy atom. The molecule has 4 aromatic heterocycles. The second-order valence-electron chi connectivity index (χ2n) is 15.3. The van der Waals surface area contributed by atoms with Crippen molar-refractivity contribution in [2.75, 3.05) is 23.3 Å². The molecule has 1 aliphatic rings. The van der Waals surface area contributed by atoms with Crippen LogP contribution in [0.25, 0.3) is 16.7 Å². The van der Waals surface area contributed by atoms with Gasteiger partial charge in [-0.2, -0.15) is 13.2 Å². The van der Waals surface area contributed by atoms with Gasteiger partial charge in [-0.15, -0.1) is 13.2 Å². The van der Waals surface area contributed by atoms with Gasteiger partial charge in [0.2, 0.25) is 0 Å². The highest BCUT2D eigenvalue weighted by molar-refractivity contribution is 6.30. The average molecular weight is 927 g/mol. The van der Waals surface area contributed by atoms with Gasteiger partial charge in [0.25, 0.3) is 5.91 Å². The van der Waals surface area contributed by atoms with E-state index in [1.165, 1.54) is 30.6 Å². The molecule has 1 amide bonds. The molecule has 1 aliphatic heterocycles. The second-order valence-corrected chi connectivity index (χ2v) is 15.7. The normalized spacial score (nSPS) is 13.3. The standard InChI is InChI=1S/C29H28ClF3N4O2.C19H13F3N4O/c1-2-25-27(37-18-22(30)7-12-26(37)35-25)28(38)34-17-19-3-8-23(9-4-19)36-15-13-21(14-16-36)20-5-10-24(11-6-20)39-29(31,32)33;20-19(21,22)12-1-5-14(6-2-12)27-15-7-3-13(4-8-15)26-18-17-16(9-10-23-17)24-11-25-18/h3-12,18,21H,2,13-17H2,1H3,(H,34,38);1-11,23H,(H,24,25,26). The summed E-state index contributed by atoms with van der Waals surface area (Å²) in [6, 6.07) is 31.3. The number of ether oxygens (including phenoxy) is 2. The van der Waals surface area contributed by atoms with Crippen LogP contribution in [-0.2, 0) is 19.1 Å². The van der Waals surface area contributed by atoms with Crippen LogP contribution in [0.3, 0.4) is 0 Å². The Morgan fingerprint density at radius 1 is 0.818 bits per heavy atom. The molecule has 11 nitrogen and oxygen atoms in total. The van der Waals surface area contributed by atoms with Crippen LogP contribution in [-0.4, -0.2) is 49.7 Å². The van der Waals surface area contributed by atoms with Gasteiger partial charge in [0.05, 0.1) is 21.8 Å². The summed E-state index contributed by atoms with van der Waals surface area (Å²) in [4.78, 5) is 31.3. The SMILES string of the molecule is CCc1nc2ccc(Cl)cn2c1C(=O)NCc1ccc(N2CCC(c3ccc(OC(F)(F)F)cc3)CC2)cc1.FC(F)(F)c1ccc(Oc2ccc(Nc3ncnc4cc[nH]c34)cc2)cc1. The molecule has 0 aliphatic carbocycles. The first-order chi connectivity index (χ1) is 31.7. The summed E-state index contributed by atoms with van der Waals surface area (Å²) in [6.45, 7) is 4.04. The third-order valence-electron chi connectivity index (χ3n) is 10.9. The van der Waals surface area contributed by atoms with Crippen molar-refractivity contribution < 1.29 is 40.6 Å². The van der Waals surface area contributed by atoms with Gasteiger partial charge in [-0.25, -0.2) is 15.0 Å². The molecule has 3 N–H and O–H groups in total. The van der Waals surface area contributed by atoms with E-state index in [0.29, 0.717) is 46.6 Å². The maximum atomic E-state index is 13.0. The Bertz CT molecular complexity index is 2900. The van der Waals surface area contributed by atoms with E-state index in [1.54, 1.807) is 65.3 Å². The fourth-order valence-electron chi connectivity index (χ4n) is 7.62. The number of pyridine rings is 1. The zero-order valence-electron chi connectivity index (χ0n) is 35.1. The number of anilines is 3. The molecule has 9 rings (SSSR count). The lowest BCUT2D eigenvalue weighted by Gasteiger charge is -2.34. The van der Waals surface area contributed by atoms with Gasteiger partial charge in [-0.3, -0.25) is 9.20 Å². The third kappa shape index (κ3) is 11.1. The lowest BCUT2D eigenvalue weighted by atomic mass is 9.89. The number of piperidine rings is 1. The number of carbonyl (C=O) groups is 1. The lowest BCUT2D eigenvalue weighted by Crippen LogP contribution is -2.32. The smallest absolute Gasteiger partial charge is 0.457 e. The molecule has 0 saturated carbocycles. The molecule has 340 valence electrons. The number of fused-ring (bicyclic) bond motifs is 2. The van der Waals surface area contributed by atoms with Crippen molar-refractivity contribution in [3.8, 4) is 17.2 Å². The number of alkyl halides is 6. The Labute approximate surface area is 379 Å². The first-order valence-corrected chi connectivity index (χ1v) is 21.2. The highest BCUT2D eigenvalue weighted by Gasteiger charge is 2.32. The number of halogens is 7. The van der Waals surface area contributed by atoms with Gasteiger partial charge in [0.15, 0.2) is 5.82 Å². The molecule has 0 atom stereocenters. The maximum Gasteiger partial charge on any atom is 0.573 e. The number of aryl methyl sites for hydroxylation is 1. The van der Waals surface area contributed by atoms with Crippen LogP contribution >= 0.6 is 11.6 Å². The first-order valence-electron chi connectivity index (χ1n) is 20.8. The molecule has 66 heavy (non-hydrogen) atoms. The number of H-pyrrole nitrogens is 1. The van der Waals surface area contributed by atoms with Crippen molar-refractivity contribution in [1.82, 2.24) is 29.7 Å². The summed E-state index contributed by atoms with van der Waals surface area (Å²) in [5.74, 6) is 1.36. The predicted molar refractivity (Wildman–Crippen MR) is 240 cm³/mol. The van der Waals surface area contributed by atoms with Crippen molar-refractivity contribution in [3.63, 3.8) is 0 Å². The Kier molecular flexibility index (Phi) is 13.4. The summed E-state index contributed by atoms with van der Waals surface area (Å²) in [5, 5.41) is 6.72. The van der Waals surface area contributed by atoms with E-state index in [9.17, 15) is 31.1 Å². The van der Waals surface area contributed by atoms with E-state index in [4.69, 9.17) is 16.3 Å². The molecule has 1 saturated heterocycles. The molecule has 18 heteroatoms. The summed E-state index contributed by atoms with van der Waals surface area (Å²) in [5.41, 5.74) is 6.67. The van der Waals surface area contributed by atoms with E-state index in [-0.39, 0.29) is 17.6 Å². The lowest BCUT2D eigenvalue weighted by molar-refractivity contribution is -0.274. The van der Waals surface area contributed by atoms with E-state index in [1.807, 2.05) is 25.1 Å². The Balaban J connectivity index is 0.000000192. The van der Waals surface area contributed by atoms with E-state index in [2.05, 4.69) is 52.3 Å². The van der Waals surface area contributed by atoms with Gasteiger partial charge >= 0.3 is 12.5 Å². The van der Waals surface area contributed by atoms with Crippen LogP contribution < -0.4 is 25.0 Å². The van der Waals surface area contributed by atoms with Crippen molar-refractivity contribution in [1.29, 1.82) is 0 Å². The summed E-state index contributed by atoms with van der Waals surface area (Å²) in [6.07, 6.45) is -1.65. The minimum atomic E-state index is -4.68. The van der Waals surface area contributed by atoms with Crippen LogP contribution in [0.2, 0.25) is 5.02 Å². The minimum Gasteiger partial charge on any atom is -0.457 e. The number of imidazole rings is 1. The van der Waals surface area contributed by atoms with Gasteiger partial charge in [-0.1, -0.05) is 42.8 Å². The van der Waals surface area contributed by atoms with Gasteiger partial charge in [0, 0.05) is 43.4 Å². The zero-order valence-corrected chi connectivity index (χ0v) is 35.9. The van der Waals surface area contributed by atoms with Crippen LogP contribution in [0.15, 0.2) is 134 Å². The number of aromatic amines is 1. The first kappa shape index (κ1) is 45.3. The highest BCUT2D eigenvalue weighted by Crippen LogP contribution is 2.34. The Morgan fingerprint density at radius 2 is 1.48 bits per heavy atom. The largest absolute Gasteiger partial charge is 0.573 e.